The monoisotopic (exact) mass is 262 g/mol. The average molecular weight is 262 g/mol. The summed E-state index contributed by atoms with van der Waals surface area (Å²) >= 11 is 0. The Bertz CT molecular complexity index is 527. The molecule has 0 saturated heterocycles. The van der Waals surface area contributed by atoms with Gasteiger partial charge in [0.1, 0.15) is 12.2 Å². The summed E-state index contributed by atoms with van der Waals surface area (Å²) in [7, 11) is 0. The van der Waals surface area contributed by atoms with Crippen molar-refractivity contribution in [2.24, 2.45) is 5.73 Å². The van der Waals surface area contributed by atoms with Crippen LogP contribution in [0.2, 0.25) is 0 Å². The molecular weight excluding hydrogens is 240 g/mol. The molecule has 0 aromatic carbocycles. The minimum atomic E-state index is -0.0951. The number of nitrogens with zero attached hydrogens (tertiary/aromatic N) is 5. The highest BCUT2D eigenvalue weighted by molar-refractivity contribution is 5.15. The standard InChI is InChI=1S/C13H22N6/c1-4-10-7-12(18(5-2)17-10)11(14)8-13-15-9-16-19(13)6-3/h7,9,11H,4-6,8,14H2,1-3H3. The summed E-state index contributed by atoms with van der Waals surface area (Å²) in [6.07, 6.45) is 3.20. The second kappa shape index (κ2) is 5.97. The van der Waals surface area contributed by atoms with Crippen molar-refractivity contribution in [3.8, 4) is 0 Å². The van der Waals surface area contributed by atoms with Crippen LogP contribution < -0.4 is 5.73 Å². The van der Waals surface area contributed by atoms with Crippen molar-refractivity contribution in [2.45, 2.75) is 52.7 Å². The Morgan fingerprint density at radius 3 is 2.58 bits per heavy atom. The Morgan fingerprint density at radius 2 is 1.95 bits per heavy atom. The minimum absolute atomic E-state index is 0.0951. The molecule has 2 aromatic heterocycles. The van der Waals surface area contributed by atoms with E-state index in [0.29, 0.717) is 6.42 Å². The lowest BCUT2D eigenvalue weighted by Crippen LogP contribution is -2.20. The van der Waals surface area contributed by atoms with Crippen LogP contribution in [0.4, 0.5) is 0 Å². The van der Waals surface area contributed by atoms with Gasteiger partial charge in [-0.2, -0.15) is 10.2 Å². The molecule has 0 aliphatic carbocycles. The molecule has 1 unspecified atom stereocenters. The highest BCUT2D eigenvalue weighted by atomic mass is 15.3. The number of hydrogen-bond donors (Lipinski definition) is 1. The molecule has 6 nitrogen and oxygen atoms in total. The van der Waals surface area contributed by atoms with Gasteiger partial charge in [0.25, 0.3) is 0 Å². The molecule has 2 aromatic rings. The SMILES string of the molecule is CCc1cc(C(N)Cc2ncnn2CC)n(CC)n1. The fourth-order valence-electron chi connectivity index (χ4n) is 2.22. The molecule has 0 radical (unpaired) electrons. The molecule has 0 fully saturated rings. The normalized spacial score (nSPS) is 12.8. The van der Waals surface area contributed by atoms with E-state index in [-0.39, 0.29) is 6.04 Å². The van der Waals surface area contributed by atoms with Crippen LogP contribution in [0.15, 0.2) is 12.4 Å². The summed E-state index contributed by atoms with van der Waals surface area (Å²) in [5.41, 5.74) is 8.47. The third kappa shape index (κ3) is 2.84. The Hall–Kier alpha value is -1.69. The molecule has 19 heavy (non-hydrogen) atoms. The van der Waals surface area contributed by atoms with Gasteiger partial charge in [0.2, 0.25) is 0 Å². The first-order valence-corrected chi connectivity index (χ1v) is 6.88. The Labute approximate surface area is 113 Å². The van der Waals surface area contributed by atoms with Crippen LogP contribution in [0.5, 0.6) is 0 Å². The van der Waals surface area contributed by atoms with Gasteiger partial charge in [0.05, 0.1) is 17.4 Å². The minimum Gasteiger partial charge on any atom is -0.322 e. The number of aromatic nitrogens is 5. The third-order valence-electron chi connectivity index (χ3n) is 3.30. The van der Waals surface area contributed by atoms with Crippen LogP contribution >= 0.6 is 0 Å². The molecule has 104 valence electrons. The number of nitrogens with two attached hydrogens (primary N) is 1. The predicted molar refractivity (Wildman–Crippen MR) is 73.6 cm³/mol. The van der Waals surface area contributed by atoms with Crippen molar-refractivity contribution < 1.29 is 0 Å². The number of aryl methyl sites for hydroxylation is 3. The van der Waals surface area contributed by atoms with E-state index in [0.717, 1.165) is 36.7 Å². The van der Waals surface area contributed by atoms with E-state index >= 15 is 0 Å². The van der Waals surface area contributed by atoms with E-state index in [1.807, 2.05) is 9.36 Å². The van der Waals surface area contributed by atoms with Crippen LogP contribution in [0.3, 0.4) is 0 Å². The van der Waals surface area contributed by atoms with E-state index in [4.69, 9.17) is 5.73 Å². The fourth-order valence-corrected chi connectivity index (χ4v) is 2.22. The van der Waals surface area contributed by atoms with Crippen molar-refractivity contribution in [3.63, 3.8) is 0 Å². The molecule has 0 aliphatic heterocycles. The smallest absolute Gasteiger partial charge is 0.138 e. The third-order valence-corrected chi connectivity index (χ3v) is 3.30. The maximum absolute atomic E-state index is 6.31. The molecular formula is C13H22N6. The van der Waals surface area contributed by atoms with Gasteiger partial charge in [-0.15, -0.1) is 0 Å². The summed E-state index contributed by atoms with van der Waals surface area (Å²) in [5.74, 6) is 0.928. The number of rotatable bonds is 6. The molecule has 1 atom stereocenters. The maximum Gasteiger partial charge on any atom is 0.138 e. The van der Waals surface area contributed by atoms with Crippen molar-refractivity contribution in [1.82, 2.24) is 24.5 Å². The van der Waals surface area contributed by atoms with Gasteiger partial charge in [-0.3, -0.25) is 9.36 Å². The summed E-state index contributed by atoms with van der Waals surface area (Å²) < 4.78 is 3.86. The van der Waals surface area contributed by atoms with Gasteiger partial charge in [0, 0.05) is 19.5 Å². The molecule has 0 aliphatic rings. The summed E-state index contributed by atoms with van der Waals surface area (Å²) in [4.78, 5) is 4.28. The highest BCUT2D eigenvalue weighted by Gasteiger charge is 2.16. The van der Waals surface area contributed by atoms with E-state index in [1.165, 1.54) is 0 Å². The summed E-state index contributed by atoms with van der Waals surface area (Å²) in [5, 5.41) is 8.71. The second-order valence-electron chi connectivity index (χ2n) is 4.53. The van der Waals surface area contributed by atoms with Gasteiger partial charge >= 0.3 is 0 Å². The van der Waals surface area contributed by atoms with E-state index < -0.39 is 0 Å². The van der Waals surface area contributed by atoms with Crippen LogP contribution in [-0.4, -0.2) is 24.5 Å². The Morgan fingerprint density at radius 1 is 1.21 bits per heavy atom. The zero-order chi connectivity index (χ0) is 13.8. The average Bonchev–Trinajstić information content (AvgIpc) is 3.03. The van der Waals surface area contributed by atoms with Gasteiger partial charge in [-0.05, 0) is 26.3 Å². The lowest BCUT2D eigenvalue weighted by atomic mass is 10.1. The summed E-state index contributed by atoms with van der Waals surface area (Å²) in [6.45, 7) is 7.89. The lowest BCUT2D eigenvalue weighted by Gasteiger charge is -2.13. The van der Waals surface area contributed by atoms with Crippen LogP contribution in [-0.2, 0) is 25.9 Å². The maximum atomic E-state index is 6.31. The highest BCUT2D eigenvalue weighted by Crippen LogP contribution is 2.17. The Balaban J connectivity index is 2.19. The molecule has 0 spiro atoms. The second-order valence-corrected chi connectivity index (χ2v) is 4.53. The topological polar surface area (TPSA) is 74.5 Å². The predicted octanol–water partition coefficient (Wildman–Crippen LogP) is 1.32. The molecule has 6 heteroatoms. The first-order chi connectivity index (χ1) is 9.19. The van der Waals surface area contributed by atoms with Gasteiger partial charge in [0.15, 0.2) is 0 Å². The quantitative estimate of drug-likeness (QED) is 0.852. The zero-order valence-corrected chi connectivity index (χ0v) is 11.9. The van der Waals surface area contributed by atoms with Crippen LogP contribution in [0.1, 0.15) is 44.0 Å². The first kappa shape index (κ1) is 13.7. The molecule has 0 amide bonds. The van der Waals surface area contributed by atoms with Crippen LogP contribution in [0, 0.1) is 0 Å². The summed E-state index contributed by atoms with van der Waals surface area (Å²) in [6, 6.07) is 2.00. The molecule has 0 saturated carbocycles. The lowest BCUT2D eigenvalue weighted by molar-refractivity contribution is 0.535. The fraction of sp³-hybridized carbons (Fsp3) is 0.615. The van der Waals surface area contributed by atoms with Crippen LogP contribution in [0.25, 0.3) is 0 Å². The Kier molecular flexibility index (Phi) is 4.31. The van der Waals surface area contributed by atoms with Crippen molar-refractivity contribution in [2.75, 3.05) is 0 Å². The van der Waals surface area contributed by atoms with Gasteiger partial charge < -0.3 is 5.73 Å². The van der Waals surface area contributed by atoms with E-state index in [1.54, 1.807) is 6.33 Å². The first-order valence-electron chi connectivity index (χ1n) is 6.88. The van der Waals surface area contributed by atoms with Gasteiger partial charge in [-0.25, -0.2) is 4.98 Å². The van der Waals surface area contributed by atoms with Gasteiger partial charge in [-0.1, -0.05) is 6.92 Å². The van der Waals surface area contributed by atoms with Crippen molar-refractivity contribution in [3.05, 3.63) is 29.6 Å². The molecule has 2 rings (SSSR count). The largest absolute Gasteiger partial charge is 0.322 e. The van der Waals surface area contributed by atoms with E-state index in [2.05, 4.69) is 42.0 Å². The van der Waals surface area contributed by atoms with E-state index in [9.17, 15) is 0 Å². The molecule has 0 bridgehead atoms. The molecule has 2 N–H and O–H groups in total. The number of hydrogen-bond acceptors (Lipinski definition) is 4. The van der Waals surface area contributed by atoms with Crippen molar-refractivity contribution in [1.29, 1.82) is 0 Å². The van der Waals surface area contributed by atoms with Crippen molar-refractivity contribution >= 4 is 0 Å². The molecule has 2 heterocycles. The zero-order valence-electron chi connectivity index (χ0n) is 11.9.